The largest absolute Gasteiger partial charge is 0.418 e. The van der Waals surface area contributed by atoms with E-state index in [0.717, 1.165) is 23.9 Å². The lowest BCUT2D eigenvalue weighted by Crippen LogP contribution is -2.39. The summed E-state index contributed by atoms with van der Waals surface area (Å²) >= 11 is 0.985. The molecule has 150 valence electrons. The zero-order chi connectivity index (χ0) is 20.7. The molecular formula is C17H17F3N4O3S. The number of amides is 2. The second-order valence-corrected chi connectivity index (χ2v) is 6.49. The van der Waals surface area contributed by atoms with E-state index in [1.165, 1.54) is 29.3 Å². The summed E-state index contributed by atoms with van der Waals surface area (Å²) in [5.74, 6) is -1.26. The minimum atomic E-state index is -4.61. The smallest absolute Gasteiger partial charge is 0.333 e. The summed E-state index contributed by atoms with van der Waals surface area (Å²) < 4.78 is 39.0. The number of aromatic nitrogens is 2. The minimum Gasteiger partial charge on any atom is -0.333 e. The number of carbonyl (C=O) groups is 2. The average Bonchev–Trinajstić information content (AvgIpc) is 2.64. The fraction of sp³-hybridized carbons (Fsp3) is 0.294. The summed E-state index contributed by atoms with van der Waals surface area (Å²) in [7, 11) is 0. The summed E-state index contributed by atoms with van der Waals surface area (Å²) in [5.41, 5.74) is -1.70. The number of carbonyl (C=O) groups excluding carboxylic acids is 2. The van der Waals surface area contributed by atoms with Crippen LogP contribution in [0.3, 0.4) is 0 Å². The van der Waals surface area contributed by atoms with Crippen molar-refractivity contribution in [2.24, 2.45) is 0 Å². The Morgan fingerprint density at radius 3 is 2.61 bits per heavy atom. The van der Waals surface area contributed by atoms with Gasteiger partial charge in [-0.2, -0.15) is 13.2 Å². The lowest BCUT2D eigenvalue weighted by Gasteiger charge is -2.21. The maximum Gasteiger partial charge on any atom is 0.418 e. The van der Waals surface area contributed by atoms with Gasteiger partial charge < -0.3 is 15.2 Å². The number of alkyl halides is 3. The molecule has 0 spiro atoms. The van der Waals surface area contributed by atoms with Crippen LogP contribution in [-0.2, 0) is 15.8 Å². The molecule has 0 atom stereocenters. The molecule has 0 bridgehead atoms. The fourth-order valence-electron chi connectivity index (χ4n) is 2.23. The van der Waals surface area contributed by atoms with Crippen LogP contribution in [0.5, 0.6) is 0 Å². The number of H-pyrrole nitrogens is 1. The van der Waals surface area contributed by atoms with Gasteiger partial charge in [0.1, 0.15) is 0 Å². The highest BCUT2D eigenvalue weighted by Gasteiger charge is 2.33. The van der Waals surface area contributed by atoms with Crippen LogP contribution in [-0.4, -0.2) is 45.5 Å². The highest BCUT2D eigenvalue weighted by atomic mass is 32.2. The van der Waals surface area contributed by atoms with E-state index in [1.807, 2.05) is 0 Å². The van der Waals surface area contributed by atoms with E-state index in [4.69, 9.17) is 0 Å². The topological polar surface area (TPSA) is 95.2 Å². The van der Waals surface area contributed by atoms with Gasteiger partial charge in [-0.1, -0.05) is 23.9 Å². The van der Waals surface area contributed by atoms with Crippen LogP contribution in [0.15, 0.2) is 46.5 Å². The first-order chi connectivity index (χ1) is 13.2. The molecule has 1 aromatic heterocycles. The van der Waals surface area contributed by atoms with E-state index in [1.54, 1.807) is 6.92 Å². The fourth-order valence-corrected chi connectivity index (χ4v) is 2.98. The number of para-hydroxylation sites is 1. The van der Waals surface area contributed by atoms with Crippen LogP contribution < -0.4 is 10.9 Å². The van der Waals surface area contributed by atoms with Crippen LogP contribution in [0.2, 0.25) is 0 Å². The number of anilines is 1. The number of likely N-dealkylation sites (N-methyl/N-ethyl adjacent to an activating group) is 1. The normalized spacial score (nSPS) is 11.1. The molecule has 0 aliphatic rings. The second kappa shape index (κ2) is 9.40. The molecule has 0 radical (unpaired) electrons. The van der Waals surface area contributed by atoms with Gasteiger partial charge in [-0.3, -0.25) is 14.4 Å². The zero-order valence-corrected chi connectivity index (χ0v) is 15.6. The maximum atomic E-state index is 13.0. The second-order valence-electron chi connectivity index (χ2n) is 5.53. The van der Waals surface area contributed by atoms with Crippen molar-refractivity contribution in [3.05, 3.63) is 52.4 Å². The third-order valence-corrected chi connectivity index (χ3v) is 4.43. The Bertz CT molecular complexity index is 901. The minimum absolute atomic E-state index is 0.0901. The molecule has 0 saturated carbocycles. The first kappa shape index (κ1) is 21.5. The molecule has 7 nitrogen and oxygen atoms in total. The number of hydrogen-bond acceptors (Lipinski definition) is 5. The molecule has 2 rings (SSSR count). The number of benzene rings is 1. The van der Waals surface area contributed by atoms with Gasteiger partial charge in [-0.05, 0) is 19.1 Å². The molecule has 11 heteroatoms. The van der Waals surface area contributed by atoms with Crippen molar-refractivity contribution in [2.75, 3.05) is 24.2 Å². The summed E-state index contributed by atoms with van der Waals surface area (Å²) in [6, 6.07) is 5.83. The van der Waals surface area contributed by atoms with Crippen molar-refractivity contribution in [1.29, 1.82) is 0 Å². The van der Waals surface area contributed by atoms with Gasteiger partial charge in [-0.25, -0.2) is 4.98 Å². The summed E-state index contributed by atoms with van der Waals surface area (Å²) in [4.78, 5) is 43.2. The number of halogens is 3. The maximum absolute atomic E-state index is 13.0. The van der Waals surface area contributed by atoms with Crippen LogP contribution in [0.25, 0.3) is 0 Å². The van der Waals surface area contributed by atoms with Crippen LogP contribution in [0.1, 0.15) is 12.5 Å². The Kier molecular flexibility index (Phi) is 7.21. The Morgan fingerprint density at radius 2 is 1.96 bits per heavy atom. The highest BCUT2D eigenvalue weighted by molar-refractivity contribution is 7.99. The number of thioether (sulfide) groups is 1. The van der Waals surface area contributed by atoms with E-state index < -0.39 is 30.1 Å². The quantitative estimate of drug-likeness (QED) is 0.536. The van der Waals surface area contributed by atoms with Crippen molar-refractivity contribution in [1.82, 2.24) is 14.9 Å². The molecule has 1 aromatic carbocycles. The Hall–Kier alpha value is -2.82. The van der Waals surface area contributed by atoms with Gasteiger partial charge in [0.2, 0.25) is 11.8 Å². The molecule has 2 amide bonds. The van der Waals surface area contributed by atoms with Gasteiger partial charge in [0.25, 0.3) is 5.56 Å². The van der Waals surface area contributed by atoms with Crippen molar-refractivity contribution in [3.63, 3.8) is 0 Å². The van der Waals surface area contributed by atoms with E-state index in [2.05, 4.69) is 15.3 Å². The van der Waals surface area contributed by atoms with Crippen molar-refractivity contribution < 1.29 is 22.8 Å². The predicted molar refractivity (Wildman–Crippen MR) is 97.9 cm³/mol. The predicted octanol–water partition coefficient (Wildman–Crippen LogP) is 2.37. The lowest BCUT2D eigenvalue weighted by molar-refractivity contribution is -0.137. The monoisotopic (exact) mass is 414 g/mol. The summed E-state index contributed by atoms with van der Waals surface area (Å²) in [6.45, 7) is 1.43. The Labute approximate surface area is 162 Å². The zero-order valence-electron chi connectivity index (χ0n) is 14.7. The molecule has 1 heterocycles. The molecule has 0 aliphatic carbocycles. The van der Waals surface area contributed by atoms with E-state index in [9.17, 15) is 27.6 Å². The number of nitrogens with zero attached hydrogens (tertiary/aromatic N) is 2. The third-order valence-electron chi connectivity index (χ3n) is 3.56. The van der Waals surface area contributed by atoms with Crippen LogP contribution in [0.4, 0.5) is 18.9 Å². The number of rotatable bonds is 7. The lowest BCUT2D eigenvalue weighted by atomic mass is 10.1. The van der Waals surface area contributed by atoms with Gasteiger partial charge in [0.15, 0.2) is 5.16 Å². The molecular weight excluding hydrogens is 397 g/mol. The molecule has 0 aliphatic heterocycles. The van der Waals surface area contributed by atoms with Crippen molar-refractivity contribution in [2.45, 2.75) is 18.3 Å². The first-order valence-corrected chi connectivity index (χ1v) is 9.11. The molecule has 0 fully saturated rings. The average molecular weight is 414 g/mol. The Balaban J connectivity index is 1.97. The van der Waals surface area contributed by atoms with Crippen LogP contribution >= 0.6 is 11.8 Å². The molecule has 28 heavy (non-hydrogen) atoms. The molecule has 2 aromatic rings. The van der Waals surface area contributed by atoms with Crippen LogP contribution in [0, 0.1) is 0 Å². The number of hydrogen-bond donors (Lipinski definition) is 2. The van der Waals surface area contributed by atoms with E-state index in [0.29, 0.717) is 0 Å². The summed E-state index contributed by atoms with van der Waals surface area (Å²) in [5, 5.41) is 2.45. The SMILES string of the molecule is CCN(CC(=O)Nc1ccccc1C(F)(F)F)C(=O)CSc1nccc(=O)[nH]1. The Morgan fingerprint density at radius 1 is 1.25 bits per heavy atom. The van der Waals surface area contributed by atoms with Gasteiger partial charge >= 0.3 is 6.18 Å². The summed E-state index contributed by atoms with van der Waals surface area (Å²) in [6.07, 6.45) is -3.31. The molecule has 2 N–H and O–H groups in total. The number of aromatic amines is 1. The highest BCUT2D eigenvalue weighted by Crippen LogP contribution is 2.34. The molecule has 0 saturated heterocycles. The first-order valence-electron chi connectivity index (χ1n) is 8.12. The van der Waals surface area contributed by atoms with Gasteiger partial charge in [-0.15, -0.1) is 0 Å². The van der Waals surface area contributed by atoms with E-state index >= 15 is 0 Å². The third kappa shape index (κ3) is 6.12. The molecule has 0 unspecified atom stereocenters. The van der Waals surface area contributed by atoms with Gasteiger partial charge in [0, 0.05) is 18.8 Å². The van der Waals surface area contributed by atoms with Gasteiger partial charge in [0.05, 0.1) is 23.5 Å². The van der Waals surface area contributed by atoms with Crippen molar-refractivity contribution >= 4 is 29.3 Å². The number of nitrogens with one attached hydrogen (secondary N) is 2. The van der Waals surface area contributed by atoms with E-state index in [-0.39, 0.29) is 28.7 Å². The standard InChI is InChI=1S/C17H17F3N4O3S/c1-2-24(15(27)10-28-16-21-8-7-13(25)23-16)9-14(26)22-12-6-4-3-5-11(12)17(18,19)20/h3-8H,2,9-10H2,1H3,(H,22,26)(H,21,23,25). The van der Waals surface area contributed by atoms with Crippen molar-refractivity contribution in [3.8, 4) is 0 Å².